The number of ether oxygens (including phenoxy) is 1. The normalized spacial score (nSPS) is 17.5. The van der Waals surface area contributed by atoms with E-state index in [2.05, 4.69) is 16.1 Å². The summed E-state index contributed by atoms with van der Waals surface area (Å²) >= 11 is 0. The Labute approximate surface area is 192 Å². The van der Waals surface area contributed by atoms with E-state index in [4.69, 9.17) is 9.94 Å². The van der Waals surface area contributed by atoms with Crippen LogP contribution in [-0.4, -0.2) is 57.1 Å². The summed E-state index contributed by atoms with van der Waals surface area (Å²) < 4.78 is 5.24. The minimum Gasteiger partial charge on any atom is -0.508 e. The van der Waals surface area contributed by atoms with E-state index in [1.54, 1.807) is 51.1 Å². The van der Waals surface area contributed by atoms with Crippen molar-refractivity contribution in [2.75, 3.05) is 0 Å². The van der Waals surface area contributed by atoms with E-state index in [-0.39, 0.29) is 24.6 Å². The fourth-order valence-electron chi connectivity index (χ4n) is 3.15. The summed E-state index contributed by atoms with van der Waals surface area (Å²) in [5.41, 5.74) is 2.69. The molecule has 0 radical (unpaired) electrons. The number of aromatic hydroxyl groups is 1. The Morgan fingerprint density at radius 3 is 2.27 bits per heavy atom. The van der Waals surface area contributed by atoms with Gasteiger partial charge in [0.1, 0.15) is 23.4 Å². The number of carbonyl (C=O) groups excluding carboxylic acids is 2. The second kappa shape index (κ2) is 11.5. The van der Waals surface area contributed by atoms with Gasteiger partial charge in [0.05, 0.1) is 6.04 Å². The lowest BCUT2D eigenvalue weighted by molar-refractivity contribution is -0.142. The second-order valence-corrected chi connectivity index (χ2v) is 8.78. The van der Waals surface area contributed by atoms with Crippen LogP contribution in [0.25, 0.3) is 0 Å². The first-order valence-corrected chi connectivity index (χ1v) is 10.5. The molecule has 2 unspecified atom stereocenters. The molecule has 3 atom stereocenters. The zero-order valence-electron chi connectivity index (χ0n) is 18.9. The van der Waals surface area contributed by atoms with Crippen LogP contribution in [0.4, 0.5) is 4.79 Å². The molecule has 180 valence electrons. The number of hydroxylamine groups is 1. The van der Waals surface area contributed by atoms with Gasteiger partial charge in [-0.3, -0.25) is 4.79 Å². The third kappa shape index (κ3) is 8.95. The maximum Gasteiger partial charge on any atom is 0.408 e. The lowest BCUT2D eigenvalue weighted by Crippen LogP contribution is -2.53. The van der Waals surface area contributed by atoms with Crippen molar-refractivity contribution in [3.63, 3.8) is 0 Å². The van der Waals surface area contributed by atoms with Crippen molar-refractivity contribution >= 4 is 18.0 Å². The third-order valence-corrected chi connectivity index (χ3v) is 4.78. The van der Waals surface area contributed by atoms with E-state index in [1.165, 1.54) is 12.1 Å². The van der Waals surface area contributed by atoms with Crippen LogP contribution in [0.5, 0.6) is 5.75 Å². The van der Waals surface area contributed by atoms with E-state index in [1.807, 2.05) is 0 Å². The van der Waals surface area contributed by atoms with Crippen molar-refractivity contribution in [1.29, 1.82) is 0 Å². The lowest BCUT2D eigenvalue weighted by atomic mass is 9.97. The molecule has 0 aromatic heterocycles. The molecule has 0 spiro atoms. The molecule has 0 saturated heterocycles. The molecular formula is C23H31N3O7. The second-order valence-electron chi connectivity index (χ2n) is 8.78. The van der Waals surface area contributed by atoms with Gasteiger partial charge < -0.3 is 30.8 Å². The molecule has 2 amide bonds. The Kier molecular flexibility index (Phi) is 9.01. The number of hydrogen-bond acceptors (Lipinski definition) is 7. The molecule has 33 heavy (non-hydrogen) atoms. The van der Waals surface area contributed by atoms with E-state index >= 15 is 0 Å². The smallest absolute Gasteiger partial charge is 0.408 e. The number of amides is 2. The standard InChI is InChI=1S/C23H31N3O7/c1-23(2,3)33-22(31)25-18(12-15-6-10-17(27)11-7-15)20(28)24-19(21(29)30)13-14-4-8-16(26-32)9-5-14/h4-8,10-11,16,18-19,26-27,32H,9,12-13H2,1-3H3,(H,24,28)(H,25,31)(H,29,30)/t16?,18?,19-/m0/s1. The van der Waals surface area contributed by atoms with Crippen LogP contribution in [0.2, 0.25) is 0 Å². The summed E-state index contributed by atoms with van der Waals surface area (Å²) in [5.74, 6) is -1.85. The number of alkyl carbamates (subject to hydrolysis) is 1. The number of phenolic OH excluding ortho intramolecular Hbond substituents is 1. The van der Waals surface area contributed by atoms with Crippen molar-refractivity contribution in [2.45, 2.75) is 63.8 Å². The molecule has 0 bridgehead atoms. The molecule has 0 fully saturated rings. The summed E-state index contributed by atoms with van der Waals surface area (Å²) in [5, 5.41) is 33.1. The molecule has 2 rings (SSSR count). The lowest BCUT2D eigenvalue weighted by Gasteiger charge is -2.25. The van der Waals surface area contributed by atoms with Gasteiger partial charge >= 0.3 is 12.1 Å². The van der Waals surface area contributed by atoms with Gasteiger partial charge in [-0.15, -0.1) is 0 Å². The Morgan fingerprint density at radius 1 is 1.09 bits per heavy atom. The zero-order valence-corrected chi connectivity index (χ0v) is 18.9. The minimum atomic E-state index is -1.23. The first-order chi connectivity index (χ1) is 15.5. The van der Waals surface area contributed by atoms with Crippen LogP contribution >= 0.6 is 0 Å². The largest absolute Gasteiger partial charge is 0.508 e. The number of carboxylic acid groups (broad SMARTS) is 1. The summed E-state index contributed by atoms with van der Waals surface area (Å²) in [6.07, 6.45) is 4.93. The summed E-state index contributed by atoms with van der Waals surface area (Å²) in [6, 6.07) is 3.52. The number of benzene rings is 1. The molecule has 1 aromatic carbocycles. The minimum absolute atomic E-state index is 0.0358. The Hall–Kier alpha value is -3.37. The van der Waals surface area contributed by atoms with Crippen LogP contribution in [0.3, 0.4) is 0 Å². The van der Waals surface area contributed by atoms with Crippen molar-refractivity contribution in [3.05, 3.63) is 53.6 Å². The van der Waals surface area contributed by atoms with Gasteiger partial charge in [-0.1, -0.05) is 30.4 Å². The van der Waals surface area contributed by atoms with Gasteiger partial charge in [-0.2, -0.15) is 5.48 Å². The Morgan fingerprint density at radius 2 is 1.76 bits per heavy atom. The zero-order chi connectivity index (χ0) is 24.6. The summed E-state index contributed by atoms with van der Waals surface area (Å²) in [6.45, 7) is 5.05. The number of aliphatic carboxylic acids is 1. The predicted octanol–water partition coefficient (Wildman–Crippen LogP) is 2.02. The number of hydrogen-bond donors (Lipinski definition) is 6. The molecular weight excluding hydrogens is 430 g/mol. The predicted molar refractivity (Wildman–Crippen MR) is 120 cm³/mol. The fourth-order valence-corrected chi connectivity index (χ4v) is 3.15. The van der Waals surface area contributed by atoms with Gasteiger partial charge in [0, 0.05) is 12.8 Å². The maximum atomic E-state index is 13.0. The van der Waals surface area contributed by atoms with Crippen molar-refractivity contribution in [2.24, 2.45) is 0 Å². The summed E-state index contributed by atoms with van der Waals surface area (Å²) in [7, 11) is 0. The van der Waals surface area contributed by atoms with Crippen molar-refractivity contribution in [1.82, 2.24) is 16.1 Å². The quantitative estimate of drug-likeness (QED) is 0.305. The average molecular weight is 462 g/mol. The third-order valence-electron chi connectivity index (χ3n) is 4.78. The average Bonchev–Trinajstić information content (AvgIpc) is 2.73. The number of carboxylic acids is 1. The van der Waals surface area contributed by atoms with E-state index in [9.17, 15) is 24.6 Å². The SMILES string of the molecule is CC(C)(C)OC(=O)NC(Cc1ccc(O)cc1)C(=O)N[C@@H](CC1=CCC(NO)C=C1)C(=O)O. The number of phenols is 1. The van der Waals surface area contributed by atoms with Crippen molar-refractivity contribution < 1.29 is 34.5 Å². The van der Waals surface area contributed by atoms with Gasteiger partial charge in [-0.05, 0) is 50.5 Å². The Balaban J connectivity index is 2.13. The summed E-state index contributed by atoms with van der Waals surface area (Å²) in [4.78, 5) is 37.1. The maximum absolute atomic E-state index is 13.0. The number of carbonyl (C=O) groups is 3. The van der Waals surface area contributed by atoms with Crippen LogP contribution in [-0.2, 0) is 20.7 Å². The molecule has 10 nitrogen and oxygen atoms in total. The fraction of sp³-hybridized carbons (Fsp3) is 0.435. The number of allylic oxidation sites excluding steroid dienone is 1. The highest BCUT2D eigenvalue weighted by molar-refractivity contribution is 5.89. The molecule has 0 heterocycles. The highest BCUT2D eigenvalue weighted by Gasteiger charge is 2.29. The molecule has 6 N–H and O–H groups in total. The van der Waals surface area contributed by atoms with E-state index in [0.29, 0.717) is 17.6 Å². The monoisotopic (exact) mass is 461 g/mol. The molecule has 1 aliphatic rings. The molecule has 1 aromatic rings. The van der Waals surface area contributed by atoms with Gasteiger partial charge in [0.25, 0.3) is 0 Å². The van der Waals surface area contributed by atoms with Gasteiger partial charge in [0.2, 0.25) is 5.91 Å². The van der Waals surface area contributed by atoms with E-state index < -0.39 is 35.7 Å². The van der Waals surface area contributed by atoms with Crippen LogP contribution < -0.4 is 16.1 Å². The molecule has 0 aliphatic heterocycles. The Bertz CT molecular complexity index is 904. The molecule has 10 heteroatoms. The van der Waals surface area contributed by atoms with Crippen LogP contribution in [0.15, 0.2) is 48.1 Å². The van der Waals surface area contributed by atoms with Crippen molar-refractivity contribution in [3.8, 4) is 5.75 Å². The first kappa shape index (κ1) is 25.9. The molecule has 1 aliphatic carbocycles. The van der Waals surface area contributed by atoms with Crippen LogP contribution in [0, 0.1) is 0 Å². The van der Waals surface area contributed by atoms with Crippen LogP contribution in [0.1, 0.15) is 39.2 Å². The first-order valence-electron chi connectivity index (χ1n) is 10.5. The topological polar surface area (TPSA) is 157 Å². The van der Waals surface area contributed by atoms with Gasteiger partial charge in [-0.25, -0.2) is 9.59 Å². The highest BCUT2D eigenvalue weighted by atomic mass is 16.6. The number of rotatable bonds is 9. The van der Waals surface area contributed by atoms with E-state index in [0.717, 1.165) is 0 Å². The van der Waals surface area contributed by atoms with Gasteiger partial charge in [0.15, 0.2) is 0 Å². The highest BCUT2D eigenvalue weighted by Crippen LogP contribution is 2.17. The molecule has 0 saturated carbocycles. The number of nitrogens with one attached hydrogen (secondary N) is 3.